The molecular weight excluding hydrogens is 578 g/mol. The first-order valence-corrected chi connectivity index (χ1v) is 16.4. The summed E-state index contributed by atoms with van der Waals surface area (Å²) in [5.41, 5.74) is 5.08. The molecule has 12 nitrogen and oxygen atoms in total. The highest BCUT2D eigenvalue weighted by Gasteiger charge is 2.27. The first-order valence-electron chi connectivity index (χ1n) is 16.4. The Hall–Kier alpha value is -4.55. The summed E-state index contributed by atoms with van der Waals surface area (Å²) in [6.07, 6.45) is 8.59. The van der Waals surface area contributed by atoms with E-state index in [-0.39, 0.29) is 6.04 Å². The van der Waals surface area contributed by atoms with Crippen LogP contribution >= 0.6 is 0 Å². The van der Waals surface area contributed by atoms with Crippen LogP contribution in [0.3, 0.4) is 0 Å². The zero-order valence-electron chi connectivity index (χ0n) is 26.8. The highest BCUT2D eigenvalue weighted by Crippen LogP contribution is 2.35. The van der Waals surface area contributed by atoms with Crippen LogP contribution < -0.4 is 15.0 Å². The molecular formula is C34H41N11O. The number of hydrogen-bond donors (Lipinski definition) is 1. The Balaban J connectivity index is 1.09. The van der Waals surface area contributed by atoms with Crippen LogP contribution in [0.15, 0.2) is 55.0 Å². The van der Waals surface area contributed by atoms with Crippen LogP contribution in [0.4, 0.5) is 17.3 Å². The van der Waals surface area contributed by atoms with Gasteiger partial charge >= 0.3 is 0 Å². The standard InChI is InChI=1S/C34H41N11O/c1-23-10-18-46-34-28(22-37-42(34)3)33-35-11-7-30(39-33)38-31-20-29-27(21-36-31)32(40-45(23)29)24-5-4-6-26(19-24)43-12-8-25(9-13-43)44-16-14-41(2)15-17-44/h4-7,11,19-23,25H,8-10,12-18H2,1-3H3,(H,35,36,38,39)/t23-/m0/s1. The summed E-state index contributed by atoms with van der Waals surface area (Å²) in [5, 5.41) is 14.1. The molecule has 1 atom stereocenters. The Kier molecular flexibility index (Phi) is 7.53. The SMILES string of the molecule is C[C@H]1CCOc2c(cnn2C)-c2nccc(n2)Nc2cc3c(cn2)c(-c2cccc(N4CCC(N5CCN(C)CC5)CC4)c2)nn31. The number of piperazine rings is 1. The second-order valence-electron chi connectivity index (χ2n) is 12.9. The van der Waals surface area contributed by atoms with E-state index in [1.165, 1.54) is 44.7 Å². The number of nitrogens with one attached hydrogen (secondary N) is 1. The highest BCUT2D eigenvalue weighted by atomic mass is 16.5. The highest BCUT2D eigenvalue weighted by molar-refractivity contribution is 5.94. The second kappa shape index (κ2) is 12.0. The topological polar surface area (TPSA) is 105 Å². The molecule has 46 heavy (non-hydrogen) atoms. The van der Waals surface area contributed by atoms with Crippen LogP contribution in [0.25, 0.3) is 33.5 Å². The van der Waals surface area contributed by atoms with Crippen molar-refractivity contribution in [1.82, 2.24) is 44.3 Å². The predicted molar refractivity (Wildman–Crippen MR) is 180 cm³/mol. The first kappa shape index (κ1) is 28.9. The quantitative estimate of drug-likeness (QED) is 0.308. The third-order valence-corrected chi connectivity index (χ3v) is 9.82. The van der Waals surface area contributed by atoms with Gasteiger partial charge < -0.3 is 19.9 Å². The van der Waals surface area contributed by atoms with Gasteiger partial charge in [-0.15, -0.1) is 0 Å². The molecule has 0 saturated carbocycles. The molecule has 4 aromatic heterocycles. The maximum Gasteiger partial charge on any atom is 0.222 e. The van der Waals surface area contributed by atoms with Crippen LogP contribution in [0.1, 0.15) is 32.2 Å². The van der Waals surface area contributed by atoms with Gasteiger partial charge in [-0.25, -0.2) is 19.6 Å². The van der Waals surface area contributed by atoms with Gasteiger partial charge in [-0.05, 0) is 45.0 Å². The molecule has 7 heterocycles. The van der Waals surface area contributed by atoms with Crippen LogP contribution in [0.5, 0.6) is 5.88 Å². The van der Waals surface area contributed by atoms with Gasteiger partial charge in [0.05, 0.1) is 24.4 Å². The lowest BCUT2D eigenvalue weighted by atomic mass is 10.0. The number of fused-ring (bicyclic) bond motifs is 5. The van der Waals surface area contributed by atoms with Gasteiger partial charge in [0.1, 0.15) is 22.9 Å². The smallest absolute Gasteiger partial charge is 0.222 e. The van der Waals surface area contributed by atoms with Gasteiger partial charge in [-0.1, -0.05) is 12.1 Å². The molecule has 0 unspecified atom stereocenters. The van der Waals surface area contributed by atoms with Crippen molar-refractivity contribution < 1.29 is 4.74 Å². The monoisotopic (exact) mass is 619 g/mol. The molecule has 0 amide bonds. The summed E-state index contributed by atoms with van der Waals surface area (Å²) in [6.45, 7) is 9.56. The second-order valence-corrected chi connectivity index (χ2v) is 12.9. The van der Waals surface area contributed by atoms with Gasteiger partial charge in [-0.3, -0.25) is 9.58 Å². The minimum Gasteiger partial charge on any atom is -0.477 e. The molecule has 0 aliphatic carbocycles. The van der Waals surface area contributed by atoms with Crippen molar-refractivity contribution in [1.29, 1.82) is 0 Å². The minimum atomic E-state index is 0.0805. The number of benzene rings is 1. The summed E-state index contributed by atoms with van der Waals surface area (Å²) in [6, 6.07) is 13.5. The number of aromatic nitrogens is 7. The van der Waals surface area contributed by atoms with E-state index in [2.05, 4.69) is 79.1 Å². The van der Waals surface area contributed by atoms with Gasteiger partial charge in [0.15, 0.2) is 5.82 Å². The molecule has 12 heteroatoms. The number of hydrogen-bond acceptors (Lipinski definition) is 10. The molecule has 2 fully saturated rings. The van der Waals surface area contributed by atoms with Crippen LogP contribution in [0, 0.1) is 0 Å². The fraction of sp³-hybridized carbons (Fsp3) is 0.441. The Morgan fingerprint density at radius 1 is 0.891 bits per heavy atom. The van der Waals surface area contributed by atoms with Crippen molar-refractivity contribution in [2.75, 3.05) is 63.1 Å². The van der Waals surface area contributed by atoms with Crippen LogP contribution in [0.2, 0.25) is 0 Å². The molecule has 238 valence electrons. The van der Waals surface area contributed by atoms with E-state index in [4.69, 9.17) is 19.8 Å². The average Bonchev–Trinajstić information content (AvgIpc) is 3.65. The number of aryl methyl sites for hydroxylation is 1. The van der Waals surface area contributed by atoms with Crippen molar-refractivity contribution in [2.45, 2.75) is 38.3 Å². The number of likely N-dealkylation sites (N-methyl/N-ethyl adjacent to an activating group) is 1. The summed E-state index contributed by atoms with van der Waals surface area (Å²) in [7, 11) is 4.10. The Labute approximate surface area is 269 Å². The van der Waals surface area contributed by atoms with Crippen LogP contribution in [-0.4, -0.2) is 103 Å². The van der Waals surface area contributed by atoms with Crippen LogP contribution in [-0.2, 0) is 7.05 Å². The number of ether oxygens (including phenoxy) is 1. The fourth-order valence-electron chi connectivity index (χ4n) is 7.06. The molecule has 3 aliphatic rings. The zero-order valence-corrected chi connectivity index (χ0v) is 26.8. The van der Waals surface area contributed by atoms with E-state index in [0.717, 1.165) is 47.2 Å². The summed E-state index contributed by atoms with van der Waals surface area (Å²) >= 11 is 0. The van der Waals surface area contributed by atoms with Gasteiger partial charge in [-0.2, -0.15) is 10.2 Å². The van der Waals surface area contributed by atoms with E-state index in [0.29, 0.717) is 36.0 Å². The number of rotatable bonds is 3. The lowest BCUT2D eigenvalue weighted by Gasteiger charge is -2.42. The molecule has 3 aliphatic heterocycles. The molecule has 4 bridgehead atoms. The third-order valence-electron chi connectivity index (χ3n) is 9.82. The molecule has 0 radical (unpaired) electrons. The number of anilines is 3. The Morgan fingerprint density at radius 3 is 2.59 bits per heavy atom. The summed E-state index contributed by atoms with van der Waals surface area (Å²) in [4.78, 5) is 21.7. The molecule has 1 N–H and O–H groups in total. The summed E-state index contributed by atoms with van der Waals surface area (Å²) in [5.74, 6) is 2.55. The van der Waals surface area contributed by atoms with E-state index in [1.807, 2.05) is 19.3 Å². The molecule has 8 rings (SSSR count). The lowest BCUT2D eigenvalue weighted by molar-refractivity contribution is 0.0982. The maximum absolute atomic E-state index is 6.28. The summed E-state index contributed by atoms with van der Waals surface area (Å²) < 4.78 is 10.1. The van der Waals surface area contributed by atoms with Gasteiger partial charge in [0, 0.05) is 93.9 Å². The maximum atomic E-state index is 6.28. The fourth-order valence-corrected chi connectivity index (χ4v) is 7.06. The van der Waals surface area contributed by atoms with E-state index in [1.54, 1.807) is 17.1 Å². The van der Waals surface area contributed by atoms with Crippen molar-refractivity contribution >= 4 is 28.2 Å². The Morgan fingerprint density at radius 2 is 1.74 bits per heavy atom. The number of pyridine rings is 1. The van der Waals surface area contributed by atoms with Crippen molar-refractivity contribution in [2.24, 2.45) is 7.05 Å². The molecule has 1 aromatic carbocycles. The average molecular weight is 620 g/mol. The predicted octanol–water partition coefficient (Wildman–Crippen LogP) is 4.59. The van der Waals surface area contributed by atoms with Crippen molar-refractivity contribution in [3.8, 4) is 28.5 Å². The normalized spacial score (nSPS) is 19.9. The number of nitrogens with zero attached hydrogens (tertiary/aromatic N) is 10. The van der Waals surface area contributed by atoms with Gasteiger partial charge in [0.2, 0.25) is 5.88 Å². The van der Waals surface area contributed by atoms with E-state index in [9.17, 15) is 0 Å². The molecule has 0 spiro atoms. The lowest BCUT2D eigenvalue weighted by Crippen LogP contribution is -2.52. The molecule has 5 aromatic rings. The Bertz CT molecular complexity index is 1850. The largest absolute Gasteiger partial charge is 0.477 e. The first-order chi connectivity index (χ1) is 22.5. The number of piperidine rings is 1. The third kappa shape index (κ3) is 5.45. The van der Waals surface area contributed by atoms with E-state index >= 15 is 0 Å². The molecule has 2 saturated heterocycles. The van der Waals surface area contributed by atoms with Crippen molar-refractivity contribution in [3.05, 3.63) is 55.0 Å². The van der Waals surface area contributed by atoms with E-state index < -0.39 is 0 Å². The van der Waals surface area contributed by atoms with Crippen molar-refractivity contribution in [3.63, 3.8) is 0 Å². The zero-order chi connectivity index (χ0) is 31.2. The van der Waals surface area contributed by atoms with Gasteiger partial charge in [0.25, 0.3) is 0 Å². The minimum absolute atomic E-state index is 0.0805.